The molecule has 5 aromatic rings. The first kappa shape index (κ1) is 28.7. The van der Waals surface area contributed by atoms with Crippen LogP contribution in [0.5, 0.6) is 17.2 Å². The van der Waals surface area contributed by atoms with Crippen LogP contribution in [0, 0.1) is 0 Å². The lowest BCUT2D eigenvalue weighted by Gasteiger charge is -2.11. The molecule has 1 aromatic heterocycles. The zero-order chi connectivity index (χ0) is 29.6. The predicted molar refractivity (Wildman–Crippen MR) is 164 cm³/mol. The molecule has 0 aliphatic heterocycles. The second-order valence-corrected chi connectivity index (χ2v) is 9.85. The average Bonchev–Trinajstić information content (AvgIpc) is 3.39. The van der Waals surface area contributed by atoms with E-state index in [0.29, 0.717) is 55.7 Å². The molecule has 0 radical (unpaired) electrons. The molecule has 0 atom stereocenters. The summed E-state index contributed by atoms with van der Waals surface area (Å²) < 4.78 is 16.4. The van der Waals surface area contributed by atoms with Crippen molar-refractivity contribution in [1.82, 2.24) is 10.4 Å². The van der Waals surface area contributed by atoms with E-state index in [1.54, 1.807) is 61.7 Å². The van der Waals surface area contributed by atoms with Crippen LogP contribution in [-0.4, -0.2) is 36.8 Å². The summed E-state index contributed by atoms with van der Waals surface area (Å²) >= 11 is 12.7. The lowest BCUT2D eigenvalue weighted by molar-refractivity contribution is 0.0728. The second kappa shape index (κ2) is 12.8. The van der Waals surface area contributed by atoms with Crippen molar-refractivity contribution in [2.45, 2.75) is 6.92 Å². The number of methoxy groups -OCH3 is 1. The zero-order valence-electron chi connectivity index (χ0n) is 22.6. The van der Waals surface area contributed by atoms with Gasteiger partial charge in [0.05, 0.1) is 36.0 Å². The van der Waals surface area contributed by atoms with Crippen LogP contribution in [0.15, 0.2) is 90.0 Å². The number of nitrogens with one attached hydrogen (secondary N) is 2. The van der Waals surface area contributed by atoms with Crippen LogP contribution >= 0.6 is 23.2 Å². The Morgan fingerprint density at radius 1 is 0.952 bits per heavy atom. The number of halogens is 2. The summed E-state index contributed by atoms with van der Waals surface area (Å²) in [6.07, 6.45) is 1.46. The molecule has 0 aliphatic carbocycles. The standard InChI is InChI=1S/C32H25Cl2N3O5/c1-3-41-27-15-19(9-14-26(27)42-32(39)21-10-12-23(40-2)13-11-21)18-35-37-31(38)30-28(20-7-5-4-6-8-20)24-16-22(33)17-25(34)29(24)36-30/h4-18,36H,3H2,1-2H3,(H,37,38). The van der Waals surface area contributed by atoms with Crippen molar-refractivity contribution in [2.24, 2.45) is 5.10 Å². The Morgan fingerprint density at radius 3 is 2.43 bits per heavy atom. The van der Waals surface area contributed by atoms with Crippen LogP contribution in [0.4, 0.5) is 0 Å². The molecule has 0 bridgehead atoms. The van der Waals surface area contributed by atoms with Crippen LogP contribution < -0.4 is 19.6 Å². The number of hydrazone groups is 1. The number of rotatable bonds is 9. The van der Waals surface area contributed by atoms with Gasteiger partial charge in [-0.15, -0.1) is 0 Å². The fraction of sp³-hybridized carbons (Fsp3) is 0.0938. The summed E-state index contributed by atoms with van der Waals surface area (Å²) in [7, 11) is 1.55. The molecule has 0 aliphatic rings. The van der Waals surface area contributed by atoms with E-state index in [4.69, 9.17) is 37.4 Å². The summed E-state index contributed by atoms with van der Waals surface area (Å²) in [6.45, 7) is 2.17. The molecule has 0 fully saturated rings. The highest BCUT2D eigenvalue weighted by Crippen LogP contribution is 2.37. The van der Waals surface area contributed by atoms with Gasteiger partial charge in [0.25, 0.3) is 5.91 Å². The predicted octanol–water partition coefficient (Wildman–Crippen LogP) is 7.53. The van der Waals surface area contributed by atoms with Crippen LogP contribution in [0.3, 0.4) is 0 Å². The molecule has 1 heterocycles. The molecule has 0 spiro atoms. The minimum Gasteiger partial charge on any atom is -0.497 e. The number of fused-ring (bicyclic) bond motifs is 1. The van der Waals surface area contributed by atoms with Gasteiger partial charge < -0.3 is 19.2 Å². The Balaban J connectivity index is 1.36. The van der Waals surface area contributed by atoms with Gasteiger partial charge in [-0.1, -0.05) is 53.5 Å². The molecule has 0 saturated heterocycles. The van der Waals surface area contributed by atoms with E-state index in [-0.39, 0.29) is 11.4 Å². The molecule has 2 N–H and O–H groups in total. The number of aromatic nitrogens is 1. The monoisotopic (exact) mass is 601 g/mol. The van der Waals surface area contributed by atoms with E-state index in [0.717, 1.165) is 5.56 Å². The minimum absolute atomic E-state index is 0.250. The highest BCUT2D eigenvalue weighted by Gasteiger charge is 2.21. The van der Waals surface area contributed by atoms with Crippen molar-refractivity contribution in [3.63, 3.8) is 0 Å². The highest BCUT2D eigenvalue weighted by molar-refractivity contribution is 6.39. The lowest BCUT2D eigenvalue weighted by atomic mass is 10.0. The molecule has 10 heteroatoms. The smallest absolute Gasteiger partial charge is 0.343 e. The molecule has 42 heavy (non-hydrogen) atoms. The number of hydrogen-bond acceptors (Lipinski definition) is 6. The van der Waals surface area contributed by atoms with Crippen molar-refractivity contribution in [3.05, 3.63) is 112 Å². The number of carbonyl (C=O) groups is 2. The number of carbonyl (C=O) groups excluding carboxylic acids is 2. The van der Waals surface area contributed by atoms with Gasteiger partial charge in [0, 0.05) is 16.0 Å². The molecule has 8 nitrogen and oxygen atoms in total. The van der Waals surface area contributed by atoms with Gasteiger partial charge >= 0.3 is 5.97 Å². The third-order valence-corrected chi connectivity index (χ3v) is 6.81. The van der Waals surface area contributed by atoms with Gasteiger partial charge in [-0.25, -0.2) is 10.2 Å². The maximum absolute atomic E-state index is 13.3. The number of nitrogens with zero attached hydrogens (tertiary/aromatic N) is 1. The van der Waals surface area contributed by atoms with Gasteiger partial charge in [-0.2, -0.15) is 5.10 Å². The molecule has 0 unspecified atom stereocenters. The number of amides is 1. The van der Waals surface area contributed by atoms with Crippen molar-refractivity contribution >= 4 is 52.2 Å². The van der Waals surface area contributed by atoms with Gasteiger partial charge in [-0.05, 0) is 72.6 Å². The summed E-state index contributed by atoms with van der Waals surface area (Å²) in [5, 5.41) is 5.71. The average molecular weight is 602 g/mol. The first-order chi connectivity index (χ1) is 20.4. The Kier molecular flexibility index (Phi) is 8.76. The van der Waals surface area contributed by atoms with E-state index < -0.39 is 11.9 Å². The molecule has 4 aromatic carbocycles. The Labute approximate surface area is 251 Å². The molecule has 1 amide bonds. The van der Waals surface area contributed by atoms with Crippen molar-refractivity contribution in [1.29, 1.82) is 0 Å². The number of esters is 1. The largest absolute Gasteiger partial charge is 0.497 e. The topological polar surface area (TPSA) is 102 Å². The minimum atomic E-state index is -0.541. The van der Waals surface area contributed by atoms with Gasteiger partial charge in [-0.3, -0.25) is 4.79 Å². The first-order valence-corrected chi connectivity index (χ1v) is 13.7. The maximum Gasteiger partial charge on any atom is 0.343 e. The number of ether oxygens (including phenoxy) is 3. The van der Waals surface area contributed by atoms with Crippen molar-refractivity contribution in [2.75, 3.05) is 13.7 Å². The van der Waals surface area contributed by atoms with E-state index in [1.165, 1.54) is 6.21 Å². The number of aromatic amines is 1. The normalized spacial score (nSPS) is 11.0. The van der Waals surface area contributed by atoms with Gasteiger partial charge in [0.15, 0.2) is 11.5 Å². The lowest BCUT2D eigenvalue weighted by Crippen LogP contribution is -2.18. The summed E-state index contributed by atoms with van der Waals surface area (Å²) in [5.41, 5.74) is 5.89. The van der Waals surface area contributed by atoms with Crippen LogP contribution in [-0.2, 0) is 0 Å². The Morgan fingerprint density at radius 2 is 1.71 bits per heavy atom. The Hall–Kier alpha value is -4.79. The Bertz CT molecular complexity index is 1780. The molecule has 212 valence electrons. The third-order valence-electron chi connectivity index (χ3n) is 6.29. The summed E-state index contributed by atoms with van der Waals surface area (Å²) in [4.78, 5) is 29.1. The highest BCUT2D eigenvalue weighted by atomic mass is 35.5. The van der Waals surface area contributed by atoms with Crippen molar-refractivity contribution < 1.29 is 23.8 Å². The quantitative estimate of drug-likeness (QED) is 0.0786. The maximum atomic E-state index is 13.3. The summed E-state index contributed by atoms with van der Waals surface area (Å²) in [6, 6.07) is 24.4. The molecular weight excluding hydrogens is 577 g/mol. The molecule has 0 saturated carbocycles. The van der Waals surface area contributed by atoms with Crippen LogP contribution in [0.1, 0.15) is 33.3 Å². The zero-order valence-corrected chi connectivity index (χ0v) is 24.1. The number of benzene rings is 4. The fourth-order valence-electron chi connectivity index (χ4n) is 4.36. The molecular formula is C32H25Cl2N3O5. The fourth-order valence-corrected chi connectivity index (χ4v) is 4.90. The van der Waals surface area contributed by atoms with Gasteiger partial charge in [0.1, 0.15) is 11.4 Å². The van der Waals surface area contributed by atoms with E-state index >= 15 is 0 Å². The number of hydrogen-bond donors (Lipinski definition) is 2. The molecule has 5 rings (SSSR count). The SMILES string of the molecule is CCOc1cc(C=NNC(=O)c2[nH]c3c(Cl)cc(Cl)cc3c2-c2ccccc2)ccc1OC(=O)c1ccc(OC)cc1. The van der Waals surface area contributed by atoms with E-state index in [1.807, 2.05) is 37.3 Å². The summed E-state index contributed by atoms with van der Waals surface area (Å²) in [5.74, 6) is 0.222. The van der Waals surface area contributed by atoms with E-state index in [9.17, 15) is 9.59 Å². The first-order valence-electron chi connectivity index (χ1n) is 12.9. The number of H-pyrrole nitrogens is 1. The van der Waals surface area contributed by atoms with Crippen LogP contribution in [0.2, 0.25) is 10.0 Å². The second-order valence-electron chi connectivity index (χ2n) is 9.01. The van der Waals surface area contributed by atoms with Gasteiger partial charge in [0.2, 0.25) is 0 Å². The van der Waals surface area contributed by atoms with E-state index in [2.05, 4.69) is 15.5 Å². The third kappa shape index (κ3) is 6.25. The van der Waals surface area contributed by atoms with Crippen molar-refractivity contribution in [3.8, 4) is 28.4 Å². The van der Waals surface area contributed by atoms with Crippen LogP contribution in [0.25, 0.3) is 22.0 Å².